The number of nitrogen functional groups attached to an aromatic ring is 1. The van der Waals surface area contributed by atoms with Crippen LogP contribution in [0.15, 0.2) is 24.3 Å². The van der Waals surface area contributed by atoms with Gasteiger partial charge in [-0.15, -0.1) is 0 Å². The van der Waals surface area contributed by atoms with Crippen LogP contribution in [0.4, 0.5) is 10.5 Å². The van der Waals surface area contributed by atoms with Crippen molar-refractivity contribution in [2.24, 2.45) is 0 Å². The summed E-state index contributed by atoms with van der Waals surface area (Å²) in [6.07, 6.45) is 0.941. The van der Waals surface area contributed by atoms with Gasteiger partial charge in [0.25, 0.3) is 0 Å². The van der Waals surface area contributed by atoms with E-state index in [4.69, 9.17) is 5.73 Å². The summed E-state index contributed by atoms with van der Waals surface area (Å²) < 4.78 is 0. The van der Waals surface area contributed by atoms with Gasteiger partial charge in [0.15, 0.2) is 0 Å². The van der Waals surface area contributed by atoms with E-state index in [0.29, 0.717) is 19.6 Å². The molecule has 0 saturated heterocycles. The first-order valence-corrected chi connectivity index (χ1v) is 6.05. The molecule has 4 heteroatoms. The number of urea groups is 1. The lowest BCUT2D eigenvalue weighted by Gasteiger charge is -2.22. The van der Waals surface area contributed by atoms with E-state index >= 15 is 0 Å². The Bertz CT molecular complexity index is 365. The van der Waals surface area contributed by atoms with Crippen molar-refractivity contribution in [3.8, 4) is 0 Å². The highest BCUT2D eigenvalue weighted by atomic mass is 16.2. The number of hydrogen-bond donors (Lipinski definition) is 2. The molecule has 0 heterocycles. The fourth-order valence-corrected chi connectivity index (χ4v) is 1.55. The third-order valence-corrected chi connectivity index (χ3v) is 2.61. The minimum absolute atomic E-state index is 0.0300. The summed E-state index contributed by atoms with van der Waals surface area (Å²) in [5.74, 6) is 0. The number of nitrogens with two attached hydrogens (primary N) is 1. The predicted octanol–water partition coefficient (Wildman–Crippen LogP) is 2.21. The van der Waals surface area contributed by atoms with Gasteiger partial charge in [-0.05, 0) is 25.0 Å². The molecule has 0 aliphatic carbocycles. The lowest BCUT2D eigenvalue weighted by atomic mass is 10.2. The predicted molar refractivity (Wildman–Crippen MR) is 70.6 cm³/mol. The van der Waals surface area contributed by atoms with Crippen LogP contribution in [0.2, 0.25) is 0 Å². The van der Waals surface area contributed by atoms with Gasteiger partial charge in [-0.25, -0.2) is 4.79 Å². The lowest BCUT2D eigenvalue weighted by Crippen LogP contribution is -2.39. The monoisotopic (exact) mass is 235 g/mol. The van der Waals surface area contributed by atoms with Gasteiger partial charge in [-0.1, -0.05) is 25.1 Å². The average molecular weight is 235 g/mol. The number of carbonyl (C=O) groups is 1. The molecular formula is C13H21N3O. The molecule has 0 radical (unpaired) electrons. The quantitative estimate of drug-likeness (QED) is 0.769. The molecule has 17 heavy (non-hydrogen) atoms. The van der Waals surface area contributed by atoms with Crippen molar-refractivity contribution < 1.29 is 4.79 Å². The molecule has 0 spiro atoms. The number of rotatable bonds is 5. The van der Waals surface area contributed by atoms with Gasteiger partial charge in [-0.3, -0.25) is 0 Å². The van der Waals surface area contributed by atoms with E-state index in [0.717, 1.165) is 17.7 Å². The standard InChI is InChI=1S/C13H21N3O/c1-3-9-15-13(17)16(4-2)10-11-7-5-6-8-12(11)14/h5-8H,3-4,9-10,14H2,1-2H3,(H,15,17). The van der Waals surface area contributed by atoms with Crippen LogP contribution in [0, 0.1) is 0 Å². The summed E-state index contributed by atoms with van der Waals surface area (Å²) in [5.41, 5.74) is 7.58. The minimum Gasteiger partial charge on any atom is -0.398 e. The van der Waals surface area contributed by atoms with Crippen LogP contribution in [0.25, 0.3) is 0 Å². The molecule has 0 atom stereocenters. The van der Waals surface area contributed by atoms with Gasteiger partial charge in [-0.2, -0.15) is 0 Å². The maximum absolute atomic E-state index is 11.8. The van der Waals surface area contributed by atoms with Gasteiger partial charge in [0.2, 0.25) is 0 Å². The maximum Gasteiger partial charge on any atom is 0.317 e. The molecule has 1 aromatic rings. The Balaban J connectivity index is 2.63. The third kappa shape index (κ3) is 3.98. The number of amides is 2. The molecule has 0 unspecified atom stereocenters. The van der Waals surface area contributed by atoms with Crippen LogP contribution in [0.3, 0.4) is 0 Å². The number of hydrogen-bond acceptors (Lipinski definition) is 2. The number of carbonyl (C=O) groups excluding carboxylic acids is 1. The summed E-state index contributed by atoms with van der Waals surface area (Å²) in [5, 5.41) is 2.87. The molecule has 1 rings (SSSR count). The first-order chi connectivity index (χ1) is 8.19. The largest absolute Gasteiger partial charge is 0.398 e. The molecule has 0 aliphatic heterocycles. The van der Waals surface area contributed by atoms with Crippen molar-refractivity contribution in [2.45, 2.75) is 26.8 Å². The van der Waals surface area contributed by atoms with Gasteiger partial charge >= 0.3 is 6.03 Å². The number of para-hydroxylation sites is 1. The van der Waals surface area contributed by atoms with E-state index in [9.17, 15) is 4.79 Å². The Morgan fingerprint density at radius 3 is 2.65 bits per heavy atom. The average Bonchev–Trinajstić information content (AvgIpc) is 2.35. The van der Waals surface area contributed by atoms with Gasteiger partial charge in [0, 0.05) is 25.3 Å². The summed E-state index contributed by atoms with van der Waals surface area (Å²) in [6, 6.07) is 7.60. The smallest absolute Gasteiger partial charge is 0.317 e. The van der Waals surface area contributed by atoms with Crippen molar-refractivity contribution in [1.82, 2.24) is 10.2 Å². The van der Waals surface area contributed by atoms with E-state index in [1.165, 1.54) is 0 Å². The molecular weight excluding hydrogens is 214 g/mol. The van der Waals surface area contributed by atoms with Crippen molar-refractivity contribution in [1.29, 1.82) is 0 Å². The topological polar surface area (TPSA) is 58.4 Å². The number of anilines is 1. The number of benzene rings is 1. The Morgan fingerprint density at radius 1 is 1.35 bits per heavy atom. The van der Waals surface area contributed by atoms with E-state index in [1.807, 2.05) is 38.1 Å². The Hall–Kier alpha value is -1.71. The zero-order valence-corrected chi connectivity index (χ0v) is 10.6. The van der Waals surface area contributed by atoms with Crippen molar-refractivity contribution in [3.63, 3.8) is 0 Å². The van der Waals surface area contributed by atoms with Crippen LogP contribution in [0.5, 0.6) is 0 Å². The first kappa shape index (κ1) is 13.4. The van der Waals surface area contributed by atoms with E-state index < -0.39 is 0 Å². The highest BCUT2D eigenvalue weighted by Crippen LogP contribution is 2.13. The first-order valence-electron chi connectivity index (χ1n) is 6.05. The molecule has 2 amide bonds. The second-order valence-corrected chi connectivity index (χ2v) is 3.94. The molecule has 0 aromatic heterocycles. The van der Waals surface area contributed by atoms with Crippen molar-refractivity contribution in [3.05, 3.63) is 29.8 Å². The molecule has 4 nitrogen and oxygen atoms in total. The third-order valence-electron chi connectivity index (χ3n) is 2.61. The SMILES string of the molecule is CCCNC(=O)N(CC)Cc1ccccc1N. The van der Waals surface area contributed by atoms with Crippen LogP contribution in [-0.2, 0) is 6.54 Å². The molecule has 0 bridgehead atoms. The zero-order valence-electron chi connectivity index (χ0n) is 10.6. The Kier molecular flexibility index (Phi) is 5.33. The van der Waals surface area contributed by atoms with Crippen LogP contribution in [0.1, 0.15) is 25.8 Å². The van der Waals surface area contributed by atoms with Gasteiger partial charge in [0.1, 0.15) is 0 Å². The Morgan fingerprint density at radius 2 is 2.06 bits per heavy atom. The summed E-state index contributed by atoms with van der Waals surface area (Å²) >= 11 is 0. The van der Waals surface area contributed by atoms with Gasteiger partial charge in [0.05, 0.1) is 0 Å². The zero-order chi connectivity index (χ0) is 12.7. The second kappa shape index (κ2) is 6.78. The normalized spacial score (nSPS) is 10.0. The summed E-state index contributed by atoms with van der Waals surface area (Å²) in [7, 11) is 0. The van der Waals surface area contributed by atoms with E-state index in [1.54, 1.807) is 4.90 Å². The number of nitrogens with zero attached hydrogens (tertiary/aromatic N) is 1. The van der Waals surface area contributed by atoms with Crippen LogP contribution in [-0.4, -0.2) is 24.0 Å². The fourth-order valence-electron chi connectivity index (χ4n) is 1.55. The van der Waals surface area contributed by atoms with E-state index in [-0.39, 0.29) is 6.03 Å². The molecule has 0 aliphatic rings. The molecule has 3 N–H and O–H groups in total. The highest BCUT2D eigenvalue weighted by Gasteiger charge is 2.11. The maximum atomic E-state index is 11.8. The van der Waals surface area contributed by atoms with Gasteiger partial charge < -0.3 is 16.0 Å². The summed E-state index contributed by atoms with van der Waals surface area (Å²) in [6.45, 7) is 5.93. The minimum atomic E-state index is -0.0300. The van der Waals surface area contributed by atoms with Crippen LogP contribution < -0.4 is 11.1 Å². The number of nitrogens with one attached hydrogen (secondary N) is 1. The van der Waals surface area contributed by atoms with E-state index in [2.05, 4.69) is 5.32 Å². The highest BCUT2D eigenvalue weighted by molar-refractivity contribution is 5.74. The summed E-state index contributed by atoms with van der Waals surface area (Å²) in [4.78, 5) is 13.6. The molecule has 1 aromatic carbocycles. The molecule has 0 saturated carbocycles. The molecule has 94 valence electrons. The van der Waals surface area contributed by atoms with Crippen molar-refractivity contribution >= 4 is 11.7 Å². The second-order valence-electron chi connectivity index (χ2n) is 3.94. The molecule has 0 fully saturated rings. The Labute approximate surface area is 103 Å². The lowest BCUT2D eigenvalue weighted by molar-refractivity contribution is 0.198. The fraction of sp³-hybridized carbons (Fsp3) is 0.462. The van der Waals surface area contributed by atoms with Crippen LogP contribution >= 0.6 is 0 Å². The van der Waals surface area contributed by atoms with Crippen molar-refractivity contribution in [2.75, 3.05) is 18.8 Å².